The average molecular weight is 269 g/mol. The molecule has 0 aliphatic carbocycles. The SMILES string of the molecule is CC1CCCN(c2cncc(Br)c2)CC1. The summed E-state index contributed by atoms with van der Waals surface area (Å²) in [5, 5.41) is 0. The van der Waals surface area contributed by atoms with Crippen LogP contribution in [0.15, 0.2) is 22.9 Å². The van der Waals surface area contributed by atoms with Gasteiger partial charge in [0.1, 0.15) is 0 Å². The van der Waals surface area contributed by atoms with E-state index in [0.717, 1.165) is 10.4 Å². The lowest BCUT2D eigenvalue weighted by Gasteiger charge is -2.22. The molecule has 2 nitrogen and oxygen atoms in total. The lowest BCUT2D eigenvalue weighted by Crippen LogP contribution is -2.24. The van der Waals surface area contributed by atoms with Gasteiger partial charge in [-0.2, -0.15) is 0 Å². The summed E-state index contributed by atoms with van der Waals surface area (Å²) in [6.07, 6.45) is 7.75. The predicted molar refractivity (Wildman–Crippen MR) is 67.2 cm³/mol. The zero-order valence-electron chi connectivity index (χ0n) is 9.12. The lowest BCUT2D eigenvalue weighted by molar-refractivity contribution is 0.521. The molecule has 0 spiro atoms. The fraction of sp³-hybridized carbons (Fsp3) is 0.583. The van der Waals surface area contributed by atoms with Gasteiger partial charge < -0.3 is 4.90 Å². The molecule has 2 heterocycles. The van der Waals surface area contributed by atoms with Gasteiger partial charge in [0, 0.05) is 23.8 Å². The van der Waals surface area contributed by atoms with E-state index in [4.69, 9.17) is 0 Å². The van der Waals surface area contributed by atoms with Crippen LogP contribution in [0.5, 0.6) is 0 Å². The average Bonchev–Trinajstić information content (AvgIpc) is 2.43. The molecular weight excluding hydrogens is 252 g/mol. The van der Waals surface area contributed by atoms with Gasteiger partial charge in [-0.3, -0.25) is 4.98 Å². The third kappa shape index (κ3) is 2.94. The van der Waals surface area contributed by atoms with Crippen LogP contribution in [-0.4, -0.2) is 18.1 Å². The zero-order valence-corrected chi connectivity index (χ0v) is 10.7. The quantitative estimate of drug-likeness (QED) is 0.776. The summed E-state index contributed by atoms with van der Waals surface area (Å²) in [4.78, 5) is 6.67. The van der Waals surface area contributed by atoms with Crippen molar-refractivity contribution in [1.82, 2.24) is 4.98 Å². The van der Waals surface area contributed by atoms with Crippen molar-refractivity contribution in [2.24, 2.45) is 5.92 Å². The Morgan fingerprint density at radius 3 is 3.00 bits per heavy atom. The van der Waals surface area contributed by atoms with Crippen molar-refractivity contribution in [2.75, 3.05) is 18.0 Å². The van der Waals surface area contributed by atoms with Gasteiger partial charge >= 0.3 is 0 Å². The molecule has 0 aromatic carbocycles. The van der Waals surface area contributed by atoms with Crippen LogP contribution in [0.3, 0.4) is 0 Å². The lowest BCUT2D eigenvalue weighted by atomic mass is 10.0. The Kier molecular flexibility index (Phi) is 3.62. The number of pyridine rings is 1. The van der Waals surface area contributed by atoms with Gasteiger partial charge in [-0.15, -0.1) is 0 Å². The highest BCUT2D eigenvalue weighted by molar-refractivity contribution is 9.10. The van der Waals surface area contributed by atoms with Gasteiger partial charge in [0.05, 0.1) is 11.9 Å². The molecule has 0 saturated carbocycles. The molecule has 1 atom stereocenters. The first-order valence-corrected chi connectivity index (χ1v) is 6.40. The third-order valence-electron chi connectivity index (χ3n) is 3.07. The fourth-order valence-corrected chi connectivity index (χ4v) is 2.45. The normalized spacial score (nSPS) is 22.5. The second-order valence-corrected chi connectivity index (χ2v) is 5.30. The highest BCUT2D eigenvalue weighted by Gasteiger charge is 2.14. The minimum atomic E-state index is 0.870. The van der Waals surface area contributed by atoms with Crippen molar-refractivity contribution >= 4 is 21.6 Å². The van der Waals surface area contributed by atoms with Gasteiger partial charge in [-0.05, 0) is 47.2 Å². The number of nitrogens with zero attached hydrogens (tertiary/aromatic N) is 2. The minimum absolute atomic E-state index is 0.870. The van der Waals surface area contributed by atoms with Gasteiger partial charge in [0.15, 0.2) is 0 Å². The predicted octanol–water partition coefficient (Wildman–Crippen LogP) is 3.47. The van der Waals surface area contributed by atoms with E-state index in [1.54, 1.807) is 0 Å². The summed E-state index contributed by atoms with van der Waals surface area (Å²) < 4.78 is 1.07. The molecular formula is C12H17BrN2. The van der Waals surface area contributed by atoms with Crippen LogP contribution in [0, 0.1) is 5.92 Å². The maximum absolute atomic E-state index is 4.22. The third-order valence-corrected chi connectivity index (χ3v) is 3.51. The Bertz CT molecular complexity index is 327. The largest absolute Gasteiger partial charge is 0.370 e. The minimum Gasteiger partial charge on any atom is -0.370 e. The Morgan fingerprint density at radius 1 is 1.33 bits per heavy atom. The van der Waals surface area contributed by atoms with E-state index in [1.165, 1.54) is 38.0 Å². The Hall–Kier alpha value is -0.570. The van der Waals surface area contributed by atoms with Gasteiger partial charge in [0.25, 0.3) is 0 Å². The van der Waals surface area contributed by atoms with E-state index >= 15 is 0 Å². The van der Waals surface area contributed by atoms with Gasteiger partial charge in [-0.25, -0.2) is 0 Å². The molecule has 1 saturated heterocycles. The van der Waals surface area contributed by atoms with Crippen molar-refractivity contribution in [3.63, 3.8) is 0 Å². The molecule has 1 unspecified atom stereocenters. The van der Waals surface area contributed by atoms with Crippen molar-refractivity contribution in [1.29, 1.82) is 0 Å². The monoisotopic (exact) mass is 268 g/mol. The van der Waals surface area contributed by atoms with E-state index in [9.17, 15) is 0 Å². The molecule has 3 heteroatoms. The summed E-state index contributed by atoms with van der Waals surface area (Å²) in [6.45, 7) is 4.68. The second-order valence-electron chi connectivity index (χ2n) is 4.38. The van der Waals surface area contributed by atoms with Crippen LogP contribution < -0.4 is 4.90 Å². The van der Waals surface area contributed by atoms with Gasteiger partial charge in [-0.1, -0.05) is 6.92 Å². The second kappa shape index (κ2) is 4.97. The highest BCUT2D eigenvalue weighted by Crippen LogP contribution is 2.23. The van der Waals surface area contributed by atoms with E-state index in [1.807, 2.05) is 12.4 Å². The molecule has 0 radical (unpaired) electrons. The molecule has 1 aromatic rings. The van der Waals surface area contributed by atoms with E-state index in [-0.39, 0.29) is 0 Å². The Balaban J connectivity index is 2.09. The van der Waals surface area contributed by atoms with Crippen LogP contribution in [0.2, 0.25) is 0 Å². The maximum atomic E-state index is 4.22. The zero-order chi connectivity index (χ0) is 10.7. The number of anilines is 1. The van der Waals surface area contributed by atoms with Gasteiger partial charge in [0.2, 0.25) is 0 Å². The van der Waals surface area contributed by atoms with Crippen LogP contribution in [0.25, 0.3) is 0 Å². The molecule has 15 heavy (non-hydrogen) atoms. The number of rotatable bonds is 1. The van der Waals surface area contributed by atoms with Crippen molar-refractivity contribution < 1.29 is 0 Å². The first-order chi connectivity index (χ1) is 7.25. The van der Waals surface area contributed by atoms with E-state index < -0.39 is 0 Å². The molecule has 0 amide bonds. The molecule has 1 aliphatic rings. The number of halogens is 1. The number of hydrogen-bond donors (Lipinski definition) is 0. The Labute approximate surface area is 99.8 Å². The summed E-state index contributed by atoms with van der Waals surface area (Å²) >= 11 is 3.47. The molecule has 0 bridgehead atoms. The highest BCUT2D eigenvalue weighted by atomic mass is 79.9. The van der Waals surface area contributed by atoms with Crippen LogP contribution in [-0.2, 0) is 0 Å². The molecule has 82 valence electrons. The standard InChI is InChI=1S/C12H17BrN2/c1-10-3-2-5-15(6-4-10)12-7-11(13)8-14-9-12/h7-10H,2-6H2,1H3. The van der Waals surface area contributed by atoms with E-state index in [2.05, 4.69) is 38.8 Å². The summed E-state index contributed by atoms with van der Waals surface area (Å²) in [6, 6.07) is 2.16. The Morgan fingerprint density at radius 2 is 2.20 bits per heavy atom. The molecule has 2 rings (SSSR count). The first-order valence-electron chi connectivity index (χ1n) is 5.61. The number of aromatic nitrogens is 1. The van der Waals surface area contributed by atoms with Crippen molar-refractivity contribution in [2.45, 2.75) is 26.2 Å². The molecule has 1 aliphatic heterocycles. The summed E-state index contributed by atoms with van der Waals surface area (Å²) in [7, 11) is 0. The first kappa shape index (κ1) is 10.9. The smallest absolute Gasteiger partial charge is 0.0564 e. The van der Waals surface area contributed by atoms with Crippen molar-refractivity contribution in [3.05, 3.63) is 22.9 Å². The van der Waals surface area contributed by atoms with Crippen molar-refractivity contribution in [3.8, 4) is 0 Å². The molecule has 0 N–H and O–H groups in total. The number of hydrogen-bond acceptors (Lipinski definition) is 2. The van der Waals surface area contributed by atoms with Crippen LogP contribution in [0.1, 0.15) is 26.2 Å². The topological polar surface area (TPSA) is 16.1 Å². The molecule has 1 aromatic heterocycles. The molecule has 1 fully saturated rings. The fourth-order valence-electron chi connectivity index (χ4n) is 2.09. The summed E-state index contributed by atoms with van der Waals surface area (Å²) in [5.74, 6) is 0.870. The summed E-state index contributed by atoms with van der Waals surface area (Å²) in [5.41, 5.74) is 1.25. The van der Waals surface area contributed by atoms with E-state index in [0.29, 0.717) is 0 Å². The maximum Gasteiger partial charge on any atom is 0.0564 e. The van der Waals surface area contributed by atoms with Crippen LogP contribution in [0.4, 0.5) is 5.69 Å². The van der Waals surface area contributed by atoms with Crippen LogP contribution >= 0.6 is 15.9 Å².